The maximum atomic E-state index is 5.31. The van der Waals surface area contributed by atoms with Crippen molar-refractivity contribution in [3.63, 3.8) is 0 Å². The molecule has 5 aromatic carbocycles. The van der Waals surface area contributed by atoms with E-state index in [1.807, 2.05) is 30.3 Å². The highest BCUT2D eigenvalue weighted by Crippen LogP contribution is 2.49. The van der Waals surface area contributed by atoms with Gasteiger partial charge in [0.15, 0.2) is 0 Å². The lowest BCUT2D eigenvalue weighted by atomic mass is 9.78. The van der Waals surface area contributed by atoms with Gasteiger partial charge < -0.3 is 0 Å². The first-order chi connectivity index (χ1) is 19.8. The van der Waals surface area contributed by atoms with Crippen molar-refractivity contribution in [2.75, 3.05) is 0 Å². The third-order valence-electron chi connectivity index (χ3n) is 8.03. The van der Waals surface area contributed by atoms with Gasteiger partial charge in [0.05, 0.1) is 39.1 Å². The van der Waals surface area contributed by atoms with Crippen molar-refractivity contribution in [2.24, 2.45) is 0 Å². The molecular formula is C36H26N4. The number of fused-ring (bicyclic) bond motifs is 3. The number of hydrogen-bond acceptors (Lipinski definition) is 3. The molecule has 0 saturated heterocycles. The second kappa shape index (κ2) is 8.99. The van der Waals surface area contributed by atoms with Crippen LogP contribution in [0.2, 0.25) is 0 Å². The predicted molar refractivity (Wildman–Crippen MR) is 162 cm³/mol. The van der Waals surface area contributed by atoms with Gasteiger partial charge in [-0.2, -0.15) is 0 Å². The zero-order chi connectivity index (χ0) is 26.6. The predicted octanol–water partition coefficient (Wildman–Crippen LogP) is 8.36. The molecule has 2 aromatic heterocycles. The Bertz CT molecular complexity index is 2040. The van der Waals surface area contributed by atoms with Gasteiger partial charge in [0.1, 0.15) is 5.82 Å². The Morgan fingerprint density at radius 2 is 1.25 bits per heavy atom. The van der Waals surface area contributed by atoms with Gasteiger partial charge in [-0.15, -0.1) is 0 Å². The second-order valence-corrected chi connectivity index (χ2v) is 10.3. The normalized spacial score (nSPS) is 14.0. The lowest BCUT2D eigenvalue weighted by Gasteiger charge is -2.31. The molecule has 0 aliphatic carbocycles. The summed E-state index contributed by atoms with van der Waals surface area (Å²) in [7, 11) is 0. The monoisotopic (exact) mass is 514 g/mol. The molecule has 0 spiro atoms. The van der Waals surface area contributed by atoms with Crippen LogP contribution in [0.15, 0.2) is 121 Å². The highest BCUT2D eigenvalue weighted by Gasteiger charge is 2.34. The SMILES string of the molecule is CCc1nc2ccc(-c3nc4ccccc4nc3-c3ccccc3)c3c2n1-c1ccccc1C3c1ccccc1. The number of imidazole rings is 1. The van der Waals surface area contributed by atoms with Crippen molar-refractivity contribution in [2.45, 2.75) is 19.3 Å². The van der Waals surface area contributed by atoms with Crippen LogP contribution in [0.4, 0.5) is 0 Å². The Hall–Kier alpha value is -5.09. The van der Waals surface area contributed by atoms with Crippen molar-refractivity contribution in [1.82, 2.24) is 19.5 Å². The van der Waals surface area contributed by atoms with Gasteiger partial charge in [0.2, 0.25) is 0 Å². The van der Waals surface area contributed by atoms with Crippen LogP contribution in [-0.4, -0.2) is 19.5 Å². The van der Waals surface area contributed by atoms with Crippen molar-refractivity contribution in [3.05, 3.63) is 144 Å². The van der Waals surface area contributed by atoms with Crippen LogP contribution in [0.1, 0.15) is 35.4 Å². The lowest BCUT2D eigenvalue weighted by molar-refractivity contribution is 0.853. The Kier molecular flexibility index (Phi) is 5.14. The van der Waals surface area contributed by atoms with E-state index in [1.165, 1.54) is 22.4 Å². The molecule has 1 aliphatic heterocycles. The number of para-hydroxylation sites is 3. The van der Waals surface area contributed by atoms with Crippen molar-refractivity contribution in [1.29, 1.82) is 0 Å². The number of aromatic nitrogens is 4. The Morgan fingerprint density at radius 1 is 0.600 bits per heavy atom. The van der Waals surface area contributed by atoms with E-state index in [-0.39, 0.29) is 5.92 Å². The average molecular weight is 515 g/mol. The average Bonchev–Trinajstić information content (AvgIpc) is 3.41. The number of benzene rings is 5. The summed E-state index contributed by atoms with van der Waals surface area (Å²) in [5.74, 6) is 1.10. The van der Waals surface area contributed by atoms with E-state index in [0.29, 0.717) is 0 Å². The summed E-state index contributed by atoms with van der Waals surface area (Å²) in [6.45, 7) is 2.18. The quantitative estimate of drug-likeness (QED) is 0.237. The molecule has 40 heavy (non-hydrogen) atoms. The molecule has 8 rings (SSSR count). The standard InChI is InChI=1S/C36H26N4/c1-2-31-37-29-22-21-26(35-34(24-15-7-4-8-16-24)38-27-18-10-11-19-28(27)39-35)33-32(23-13-5-3-6-14-23)25-17-9-12-20-30(25)40(31)36(29)33/h3-22,32H,2H2,1H3. The summed E-state index contributed by atoms with van der Waals surface area (Å²) in [5, 5.41) is 0. The molecule has 0 fully saturated rings. The van der Waals surface area contributed by atoms with E-state index in [1.54, 1.807) is 0 Å². The number of nitrogens with zero attached hydrogens (tertiary/aromatic N) is 4. The van der Waals surface area contributed by atoms with E-state index in [4.69, 9.17) is 15.0 Å². The minimum absolute atomic E-state index is 0.0295. The minimum atomic E-state index is 0.0295. The van der Waals surface area contributed by atoms with E-state index in [2.05, 4.69) is 102 Å². The zero-order valence-corrected chi connectivity index (χ0v) is 22.1. The van der Waals surface area contributed by atoms with Gasteiger partial charge in [0, 0.05) is 23.5 Å². The van der Waals surface area contributed by atoms with Gasteiger partial charge in [-0.05, 0) is 41.0 Å². The summed E-state index contributed by atoms with van der Waals surface area (Å²) in [5.41, 5.74) is 12.9. The summed E-state index contributed by atoms with van der Waals surface area (Å²) >= 11 is 0. The molecular weight excluding hydrogens is 488 g/mol. The van der Waals surface area contributed by atoms with E-state index in [0.717, 1.165) is 56.8 Å². The smallest absolute Gasteiger partial charge is 0.114 e. The Balaban J connectivity index is 1.54. The summed E-state index contributed by atoms with van der Waals surface area (Å²) < 4.78 is 2.37. The van der Waals surface area contributed by atoms with E-state index < -0.39 is 0 Å². The molecule has 0 amide bonds. The maximum absolute atomic E-state index is 5.31. The highest BCUT2D eigenvalue weighted by molar-refractivity contribution is 5.96. The van der Waals surface area contributed by atoms with Crippen molar-refractivity contribution in [3.8, 4) is 28.2 Å². The van der Waals surface area contributed by atoms with Gasteiger partial charge >= 0.3 is 0 Å². The van der Waals surface area contributed by atoms with E-state index in [9.17, 15) is 0 Å². The molecule has 7 aromatic rings. The first-order valence-electron chi connectivity index (χ1n) is 13.8. The Morgan fingerprint density at radius 3 is 2.00 bits per heavy atom. The van der Waals surface area contributed by atoms with Crippen LogP contribution in [0, 0.1) is 0 Å². The largest absolute Gasteiger partial charge is 0.296 e. The van der Waals surface area contributed by atoms with Gasteiger partial charge in [-0.25, -0.2) is 15.0 Å². The summed E-state index contributed by atoms with van der Waals surface area (Å²) in [4.78, 5) is 15.6. The molecule has 190 valence electrons. The van der Waals surface area contributed by atoms with Crippen molar-refractivity contribution < 1.29 is 0 Å². The van der Waals surface area contributed by atoms with Crippen LogP contribution in [0.3, 0.4) is 0 Å². The fourth-order valence-electron chi connectivity index (χ4n) is 6.30. The zero-order valence-electron chi connectivity index (χ0n) is 22.1. The van der Waals surface area contributed by atoms with Crippen molar-refractivity contribution >= 4 is 22.1 Å². The maximum Gasteiger partial charge on any atom is 0.114 e. The fourth-order valence-corrected chi connectivity index (χ4v) is 6.30. The lowest BCUT2D eigenvalue weighted by Crippen LogP contribution is -2.17. The second-order valence-electron chi connectivity index (χ2n) is 10.3. The molecule has 1 atom stereocenters. The van der Waals surface area contributed by atoms with Crippen LogP contribution in [0.25, 0.3) is 50.3 Å². The van der Waals surface area contributed by atoms with Crippen LogP contribution < -0.4 is 0 Å². The molecule has 0 saturated carbocycles. The molecule has 3 heterocycles. The van der Waals surface area contributed by atoms with Crippen LogP contribution in [-0.2, 0) is 6.42 Å². The number of hydrogen-bond donors (Lipinski definition) is 0. The Labute approximate surface area is 232 Å². The van der Waals surface area contributed by atoms with Crippen LogP contribution >= 0.6 is 0 Å². The molecule has 0 radical (unpaired) electrons. The first kappa shape index (κ1) is 22.9. The molecule has 0 bridgehead atoms. The molecule has 4 nitrogen and oxygen atoms in total. The molecule has 0 N–H and O–H groups in total. The van der Waals surface area contributed by atoms with Gasteiger partial charge in [-0.3, -0.25) is 4.57 Å². The van der Waals surface area contributed by atoms with E-state index >= 15 is 0 Å². The summed E-state index contributed by atoms with van der Waals surface area (Å²) in [6.07, 6.45) is 0.846. The minimum Gasteiger partial charge on any atom is -0.296 e. The summed E-state index contributed by atoms with van der Waals surface area (Å²) in [6, 6.07) is 42.5. The number of rotatable bonds is 4. The number of aryl methyl sites for hydroxylation is 1. The first-order valence-corrected chi connectivity index (χ1v) is 13.8. The fraction of sp³-hybridized carbons (Fsp3) is 0.0833. The molecule has 1 unspecified atom stereocenters. The highest BCUT2D eigenvalue weighted by atomic mass is 15.1. The third kappa shape index (κ3) is 3.36. The third-order valence-corrected chi connectivity index (χ3v) is 8.03. The molecule has 4 heteroatoms. The van der Waals surface area contributed by atoms with Gasteiger partial charge in [0.25, 0.3) is 0 Å². The van der Waals surface area contributed by atoms with Crippen LogP contribution in [0.5, 0.6) is 0 Å². The van der Waals surface area contributed by atoms with Gasteiger partial charge in [-0.1, -0.05) is 104 Å². The topological polar surface area (TPSA) is 43.6 Å². The molecule has 1 aliphatic rings.